The van der Waals surface area contributed by atoms with Crippen molar-refractivity contribution in [1.82, 2.24) is 0 Å². The van der Waals surface area contributed by atoms with E-state index in [-0.39, 0.29) is 0 Å². The van der Waals surface area contributed by atoms with Gasteiger partial charge in [0.15, 0.2) is 0 Å². The number of ether oxygens (including phenoxy) is 1. The molecule has 1 heteroatoms. The van der Waals surface area contributed by atoms with Crippen molar-refractivity contribution in [2.45, 2.75) is 33.1 Å². The van der Waals surface area contributed by atoms with Crippen LogP contribution in [0.4, 0.5) is 0 Å². The maximum atomic E-state index is 5.76. The summed E-state index contributed by atoms with van der Waals surface area (Å²) in [7, 11) is 0. The lowest BCUT2D eigenvalue weighted by Crippen LogP contribution is -2.39. The molecule has 0 radical (unpaired) electrons. The van der Waals surface area contributed by atoms with Crippen LogP contribution in [0.5, 0.6) is 0 Å². The highest BCUT2D eigenvalue weighted by Gasteiger charge is 2.63. The van der Waals surface area contributed by atoms with E-state index in [1.807, 2.05) is 0 Å². The lowest BCUT2D eigenvalue weighted by Gasteiger charge is -2.43. The molecule has 0 amide bonds. The van der Waals surface area contributed by atoms with Gasteiger partial charge in [0.05, 0.1) is 12.4 Å². The van der Waals surface area contributed by atoms with Crippen molar-refractivity contribution in [3.8, 4) is 0 Å². The molecule has 17 heavy (non-hydrogen) atoms. The summed E-state index contributed by atoms with van der Waals surface area (Å²) in [5.74, 6) is 8.68. The van der Waals surface area contributed by atoms with Crippen molar-refractivity contribution >= 4 is 0 Å². The Hall–Kier alpha value is -0.460. The second kappa shape index (κ2) is 3.30. The molecule has 94 valence electrons. The molecule has 1 aliphatic heterocycles. The van der Waals surface area contributed by atoms with Gasteiger partial charge in [0.2, 0.25) is 0 Å². The fourth-order valence-corrected chi connectivity index (χ4v) is 6.43. The minimum atomic E-state index is 0.725. The zero-order valence-corrected chi connectivity index (χ0v) is 11.1. The Labute approximate surface area is 105 Å². The van der Waals surface area contributed by atoms with E-state index in [1.54, 1.807) is 0 Å². The van der Waals surface area contributed by atoms with E-state index >= 15 is 0 Å². The van der Waals surface area contributed by atoms with Crippen molar-refractivity contribution in [3.63, 3.8) is 0 Å². The van der Waals surface area contributed by atoms with Gasteiger partial charge in [0.25, 0.3) is 0 Å². The van der Waals surface area contributed by atoms with Crippen molar-refractivity contribution in [2.24, 2.45) is 47.3 Å². The summed E-state index contributed by atoms with van der Waals surface area (Å²) in [5.41, 5.74) is 0. The van der Waals surface area contributed by atoms with Gasteiger partial charge < -0.3 is 4.74 Å². The van der Waals surface area contributed by atoms with Gasteiger partial charge in [-0.15, -0.1) is 0 Å². The SMILES string of the molecule is C=C1OCCC2C3CC(C12)C1C(C)CC(C)C31. The minimum absolute atomic E-state index is 0.725. The smallest absolute Gasteiger partial charge is 0.0924 e. The van der Waals surface area contributed by atoms with Crippen LogP contribution in [0.3, 0.4) is 0 Å². The van der Waals surface area contributed by atoms with Crippen molar-refractivity contribution in [2.75, 3.05) is 6.61 Å². The number of hydrogen-bond acceptors (Lipinski definition) is 1. The van der Waals surface area contributed by atoms with Gasteiger partial charge in [0.1, 0.15) is 0 Å². The van der Waals surface area contributed by atoms with Crippen LogP contribution in [0, 0.1) is 47.3 Å². The predicted octanol–water partition coefficient (Wildman–Crippen LogP) is 3.71. The number of allylic oxidation sites excluding steroid dienone is 1. The van der Waals surface area contributed by atoms with E-state index in [9.17, 15) is 0 Å². The second-order valence-electron chi connectivity index (χ2n) is 7.20. The van der Waals surface area contributed by atoms with Crippen molar-refractivity contribution in [1.29, 1.82) is 0 Å². The molecule has 4 aliphatic rings. The van der Waals surface area contributed by atoms with E-state index in [4.69, 9.17) is 4.74 Å². The quantitative estimate of drug-likeness (QED) is 0.618. The molecule has 0 N–H and O–H groups in total. The molecule has 3 saturated carbocycles. The second-order valence-corrected chi connectivity index (χ2v) is 7.20. The first-order chi connectivity index (χ1) is 8.18. The lowest BCUT2D eigenvalue weighted by atomic mass is 9.64. The number of fused-ring (bicyclic) bond motifs is 8. The van der Waals surface area contributed by atoms with Crippen molar-refractivity contribution in [3.05, 3.63) is 12.3 Å². The summed E-state index contributed by atoms with van der Waals surface area (Å²) in [6.45, 7) is 10.1. The molecule has 0 aromatic heterocycles. The van der Waals surface area contributed by atoms with Crippen molar-refractivity contribution < 1.29 is 4.74 Å². The van der Waals surface area contributed by atoms with Crippen LogP contribution in [0.2, 0.25) is 0 Å². The molecule has 1 heterocycles. The molecule has 8 unspecified atom stereocenters. The van der Waals surface area contributed by atoms with Crippen LogP contribution in [0.15, 0.2) is 12.3 Å². The van der Waals surface area contributed by atoms with Gasteiger partial charge in [-0.2, -0.15) is 0 Å². The molecular formula is C16H24O. The molecule has 1 nitrogen and oxygen atoms in total. The average molecular weight is 232 g/mol. The fraction of sp³-hybridized carbons (Fsp3) is 0.875. The summed E-state index contributed by atoms with van der Waals surface area (Å²) in [4.78, 5) is 0. The molecule has 2 bridgehead atoms. The van der Waals surface area contributed by atoms with E-state index in [2.05, 4.69) is 20.4 Å². The number of hydrogen-bond donors (Lipinski definition) is 0. The van der Waals surface area contributed by atoms with Crippen LogP contribution in [0.1, 0.15) is 33.1 Å². The Balaban J connectivity index is 1.71. The van der Waals surface area contributed by atoms with Gasteiger partial charge in [-0.3, -0.25) is 0 Å². The van der Waals surface area contributed by atoms with Crippen LogP contribution < -0.4 is 0 Å². The summed E-state index contributed by atoms with van der Waals surface area (Å²) < 4.78 is 5.76. The summed E-state index contributed by atoms with van der Waals surface area (Å²) in [6.07, 6.45) is 4.26. The highest BCUT2D eigenvalue weighted by molar-refractivity contribution is 5.17. The Morgan fingerprint density at radius 1 is 1.00 bits per heavy atom. The average Bonchev–Trinajstić information content (AvgIpc) is 2.91. The highest BCUT2D eigenvalue weighted by Crippen LogP contribution is 2.68. The first-order valence-corrected chi connectivity index (χ1v) is 7.50. The Morgan fingerprint density at radius 2 is 1.71 bits per heavy atom. The molecule has 8 atom stereocenters. The Bertz CT molecular complexity index is 361. The third kappa shape index (κ3) is 1.16. The third-order valence-electron chi connectivity index (χ3n) is 6.62. The summed E-state index contributed by atoms with van der Waals surface area (Å²) in [6, 6.07) is 0. The van der Waals surface area contributed by atoms with E-state index in [0.717, 1.165) is 59.7 Å². The lowest BCUT2D eigenvalue weighted by molar-refractivity contribution is 0.00694. The molecule has 3 aliphatic carbocycles. The van der Waals surface area contributed by atoms with E-state index in [0.29, 0.717) is 0 Å². The van der Waals surface area contributed by atoms with Crippen LogP contribution >= 0.6 is 0 Å². The Morgan fingerprint density at radius 3 is 2.47 bits per heavy atom. The minimum Gasteiger partial charge on any atom is -0.498 e. The third-order valence-corrected chi connectivity index (χ3v) is 6.62. The maximum absolute atomic E-state index is 5.76. The normalized spacial score (nSPS) is 60.0. The molecular weight excluding hydrogens is 208 g/mol. The van der Waals surface area contributed by atoms with Gasteiger partial charge in [-0.05, 0) is 60.7 Å². The zero-order chi connectivity index (χ0) is 11.7. The largest absolute Gasteiger partial charge is 0.498 e. The molecule has 4 rings (SSSR count). The van der Waals surface area contributed by atoms with Gasteiger partial charge in [-0.1, -0.05) is 20.4 Å². The van der Waals surface area contributed by atoms with E-state index in [1.165, 1.54) is 19.3 Å². The summed E-state index contributed by atoms with van der Waals surface area (Å²) in [5, 5.41) is 0. The monoisotopic (exact) mass is 232 g/mol. The maximum Gasteiger partial charge on any atom is 0.0924 e. The molecule has 1 saturated heterocycles. The van der Waals surface area contributed by atoms with Crippen LogP contribution in [-0.4, -0.2) is 6.61 Å². The first-order valence-electron chi connectivity index (χ1n) is 7.50. The first kappa shape index (κ1) is 10.5. The van der Waals surface area contributed by atoms with Gasteiger partial charge >= 0.3 is 0 Å². The van der Waals surface area contributed by atoms with Gasteiger partial charge in [-0.25, -0.2) is 0 Å². The van der Waals surface area contributed by atoms with Crippen LogP contribution in [-0.2, 0) is 4.74 Å². The fourth-order valence-electron chi connectivity index (χ4n) is 6.43. The molecule has 4 fully saturated rings. The van der Waals surface area contributed by atoms with E-state index < -0.39 is 0 Å². The predicted molar refractivity (Wildman–Crippen MR) is 68.2 cm³/mol. The molecule has 0 aromatic rings. The number of rotatable bonds is 0. The topological polar surface area (TPSA) is 9.23 Å². The Kier molecular flexibility index (Phi) is 2.03. The molecule has 0 spiro atoms. The summed E-state index contributed by atoms with van der Waals surface area (Å²) >= 11 is 0. The van der Waals surface area contributed by atoms with Crippen LogP contribution in [0.25, 0.3) is 0 Å². The standard InChI is InChI=1S/C16H24O/c1-8-6-9(2)15-13-7-12(14(8)15)11-4-5-17-10(3)16(11)13/h8-9,11-16H,3-7H2,1-2H3. The molecule has 0 aromatic carbocycles. The highest BCUT2D eigenvalue weighted by atomic mass is 16.5. The van der Waals surface area contributed by atoms with Gasteiger partial charge in [0, 0.05) is 5.92 Å². The zero-order valence-electron chi connectivity index (χ0n) is 11.1.